The molecule has 2 aromatic rings. The Hall–Kier alpha value is -2.73. The van der Waals surface area contributed by atoms with Gasteiger partial charge in [0.1, 0.15) is 11.4 Å². The van der Waals surface area contributed by atoms with Crippen LogP contribution in [-0.4, -0.2) is 50.3 Å². The first-order valence-electron chi connectivity index (χ1n) is 10.0. The number of amides is 1. The standard InChI is InChI=1S/C23H28N2O4/c1-16-12-20(27-2)21(28-3)13-17(16)14-25-10-8-23(9-11-25)15-24-22(26)18-6-4-5-7-19(18)29-23/h4-7,12-13H,8-11,14-15H2,1-3H3,(H,24,26). The number of hydrogen-bond donors (Lipinski definition) is 1. The molecular weight excluding hydrogens is 368 g/mol. The van der Waals surface area contributed by atoms with Crippen LogP contribution in [0.4, 0.5) is 0 Å². The van der Waals surface area contributed by atoms with Crippen molar-refractivity contribution in [3.8, 4) is 17.2 Å². The summed E-state index contributed by atoms with van der Waals surface area (Å²) in [5.41, 5.74) is 2.70. The number of carbonyl (C=O) groups excluding carboxylic acids is 1. The van der Waals surface area contributed by atoms with Gasteiger partial charge in [-0.1, -0.05) is 12.1 Å². The van der Waals surface area contributed by atoms with Gasteiger partial charge >= 0.3 is 0 Å². The predicted octanol–water partition coefficient (Wildman–Crippen LogP) is 3.17. The molecule has 2 aromatic carbocycles. The fourth-order valence-electron chi connectivity index (χ4n) is 4.18. The molecule has 0 saturated carbocycles. The Morgan fingerprint density at radius 3 is 2.52 bits per heavy atom. The number of nitrogens with zero attached hydrogens (tertiary/aromatic N) is 1. The maximum absolute atomic E-state index is 12.4. The summed E-state index contributed by atoms with van der Waals surface area (Å²) in [7, 11) is 3.32. The summed E-state index contributed by atoms with van der Waals surface area (Å²) < 4.78 is 17.3. The minimum atomic E-state index is -0.342. The molecule has 2 aliphatic rings. The van der Waals surface area contributed by atoms with Crippen LogP contribution in [0.1, 0.15) is 34.3 Å². The van der Waals surface area contributed by atoms with Crippen LogP contribution in [0.25, 0.3) is 0 Å². The molecule has 0 aliphatic carbocycles. The molecule has 0 aromatic heterocycles. The van der Waals surface area contributed by atoms with Crippen LogP contribution < -0.4 is 19.5 Å². The number of piperidine rings is 1. The number of methoxy groups -OCH3 is 2. The monoisotopic (exact) mass is 396 g/mol. The molecule has 1 spiro atoms. The van der Waals surface area contributed by atoms with E-state index >= 15 is 0 Å². The summed E-state index contributed by atoms with van der Waals surface area (Å²) in [6, 6.07) is 11.6. The molecule has 1 saturated heterocycles. The van der Waals surface area contributed by atoms with Gasteiger partial charge < -0.3 is 19.5 Å². The van der Waals surface area contributed by atoms with Crippen molar-refractivity contribution in [3.05, 3.63) is 53.1 Å². The molecule has 0 atom stereocenters. The number of carbonyl (C=O) groups is 1. The Kier molecular flexibility index (Phi) is 5.37. The second-order valence-electron chi connectivity index (χ2n) is 7.87. The Labute approximate surface area is 171 Å². The third-order valence-corrected chi connectivity index (χ3v) is 6.03. The predicted molar refractivity (Wildman–Crippen MR) is 111 cm³/mol. The lowest BCUT2D eigenvalue weighted by molar-refractivity contribution is 0.00389. The number of nitrogens with one attached hydrogen (secondary N) is 1. The lowest BCUT2D eigenvalue weighted by atomic mass is 9.90. The van der Waals surface area contributed by atoms with Gasteiger partial charge in [0.2, 0.25) is 0 Å². The van der Waals surface area contributed by atoms with E-state index in [1.807, 2.05) is 30.3 Å². The first-order chi connectivity index (χ1) is 14.0. The van der Waals surface area contributed by atoms with Gasteiger partial charge in [-0.05, 0) is 42.3 Å². The fraction of sp³-hybridized carbons (Fsp3) is 0.435. The van der Waals surface area contributed by atoms with Gasteiger partial charge in [0.05, 0.1) is 26.3 Å². The van der Waals surface area contributed by atoms with E-state index in [0.29, 0.717) is 17.9 Å². The molecule has 1 fully saturated rings. The summed E-state index contributed by atoms with van der Waals surface area (Å²) in [5, 5.41) is 3.05. The largest absolute Gasteiger partial charge is 0.493 e. The lowest BCUT2D eigenvalue weighted by Crippen LogP contribution is -2.53. The molecule has 0 bridgehead atoms. The average molecular weight is 396 g/mol. The van der Waals surface area contributed by atoms with Crippen LogP contribution in [0.15, 0.2) is 36.4 Å². The highest BCUT2D eigenvalue weighted by Crippen LogP contribution is 2.35. The van der Waals surface area contributed by atoms with Gasteiger partial charge in [0, 0.05) is 32.5 Å². The van der Waals surface area contributed by atoms with Crippen molar-refractivity contribution in [2.75, 3.05) is 33.9 Å². The second-order valence-corrected chi connectivity index (χ2v) is 7.87. The van der Waals surface area contributed by atoms with Crippen LogP contribution in [-0.2, 0) is 6.54 Å². The third-order valence-electron chi connectivity index (χ3n) is 6.03. The molecule has 6 heteroatoms. The summed E-state index contributed by atoms with van der Waals surface area (Å²) in [5.74, 6) is 2.15. The SMILES string of the molecule is COc1cc(C)c(CN2CCC3(CC2)CNC(=O)c2ccccc2O3)cc1OC. The number of para-hydroxylation sites is 1. The number of benzene rings is 2. The van der Waals surface area contributed by atoms with Crippen molar-refractivity contribution in [2.24, 2.45) is 0 Å². The Balaban J connectivity index is 1.46. The number of rotatable bonds is 4. The van der Waals surface area contributed by atoms with Gasteiger partial charge in [-0.25, -0.2) is 0 Å². The van der Waals surface area contributed by atoms with Crippen LogP contribution in [0.5, 0.6) is 17.2 Å². The summed E-state index contributed by atoms with van der Waals surface area (Å²) >= 11 is 0. The molecule has 2 heterocycles. The summed E-state index contributed by atoms with van der Waals surface area (Å²) in [6.07, 6.45) is 1.74. The molecular formula is C23H28N2O4. The zero-order valence-corrected chi connectivity index (χ0v) is 17.3. The van der Waals surface area contributed by atoms with E-state index in [2.05, 4.69) is 23.2 Å². The highest BCUT2D eigenvalue weighted by atomic mass is 16.5. The zero-order chi connectivity index (χ0) is 20.4. The maximum atomic E-state index is 12.4. The van der Waals surface area contributed by atoms with Crippen molar-refractivity contribution in [2.45, 2.75) is 31.9 Å². The van der Waals surface area contributed by atoms with Gasteiger partial charge in [-0.3, -0.25) is 9.69 Å². The molecule has 2 aliphatic heterocycles. The van der Waals surface area contributed by atoms with Gasteiger partial charge in [0.25, 0.3) is 5.91 Å². The van der Waals surface area contributed by atoms with Crippen LogP contribution in [0.2, 0.25) is 0 Å². The van der Waals surface area contributed by atoms with E-state index < -0.39 is 0 Å². The molecule has 1 N–H and O–H groups in total. The minimum absolute atomic E-state index is 0.0548. The number of fused-ring (bicyclic) bond motifs is 1. The molecule has 6 nitrogen and oxygen atoms in total. The van der Waals surface area contributed by atoms with E-state index in [-0.39, 0.29) is 11.5 Å². The fourth-order valence-corrected chi connectivity index (χ4v) is 4.18. The summed E-state index contributed by atoms with van der Waals surface area (Å²) in [4.78, 5) is 14.8. The number of likely N-dealkylation sites (tertiary alicyclic amines) is 1. The molecule has 0 unspecified atom stereocenters. The number of aryl methyl sites for hydroxylation is 1. The van der Waals surface area contributed by atoms with E-state index in [0.717, 1.165) is 44.0 Å². The second kappa shape index (κ2) is 7.95. The van der Waals surface area contributed by atoms with E-state index in [1.165, 1.54) is 11.1 Å². The van der Waals surface area contributed by atoms with Crippen LogP contribution >= 0.6 is 0 Å². The molecule has 0 radical (unpaired) electrons. The number of hydrogen-bond acceptors (Lipinski definition) is 5. The normalized spacial score (nSPS) is 18.4. The number of ether oxygens (including phenoxy) is 3. The van der Waals surface area contributed by atoms with Crippen molar-refractivity contribution in [1.82, 2.24) is 10.2 Å². The Bertz CT molecular complexity index is 904. The summed E-state index contributed by atoms with van der Waals surface area (Å²) in [6.45, 7) is 5.32. The van der Waals surface area contributed by atoms with Crippen molar-refractivity contribution < 1.29 is 19.0 Å². The zero-order valence-electron chi connectivity index (χ0n) is 17.3. The van der Waals surface area contributed by atoms with Crippen molar-refractivity contribution in [3.63, 3.8) is 0 Å². The molecule has 29 heavy (non-hydrogen) atoms. The maximum Gasteiger partial charge on any atom is 0.255 e. The highest BCUT2D eigenvalue weighted by Gasteiger charge is 2.39. The molecule has 1 amide bonds. The molecule has 154 valence electrons. The molecule has 4 rings (SSSR count). The Morgan fingerprint density at radius 2 is 1.79 bits per heavy atom. The highest BCUT2D eigenvalue weighted by molar-refractivity contribution is 5.97. The van der Waals surface area contributed by atoms with Gasteiger partial charge in [-0.15, -0.1) is 0 Å². The van der Waals surface area contributed by atoms with Crippen LogP contribution in [0, 0.1) is 6.92 Å². The smallest absolute Gasteiger partial charge is 0.255 e. The Morgan fingerprint density at radius 1 is 1.10 bits per heavy atom. The minimum Gasteiger partial charge on any atom is -0.493 e. The van der Waals surface area contributed by atoms with Crippen molar-refractivity contribution in [1.29, 1.82) is 0 Å². The first-order valence-corrected chi connectivity index (χ1v) is 10.0. The first kappa shape index (κ1) is 19.6. The third kappa shape index (κ3) is 3.90. The van der Waals surface area contributed by atoms with Crippen molar-refractivity contribution >= 4 is 5.91 Å². The quantitative estimate of drug-likeness (QED) is 0.860. The van der Waals surface area contributed by atoms with Crippen LogP contribution in [0.3, 0.4) is 0 Å². The topological polar surface area (TPSA) is 60.0 Å². The van der Waals surface area contributed by atoms with E-state index in [9.17, 15) is 4.79 Å². The van der Waals surface area contributed by atoms with Gasteiger partial charge in [0.15, 0.2) is 11.5 Å². The van der Waals surface area contributed by atoms with Gasteiger partial charge in [-0.2, -0.15) is 0 Å². The van der Waals surface area contributed by atoms with E-state index in [1.54, 1.807) is 14.2 Å². The average Bonchev–Trinajstić information content (AvgIpc) is 2.88. The van der Waals surface area contributed by atoms with E-state index in [4.69, 9.17) is 14.2 Å². The lowest BCUT2D eigenvalue weighted by Gasteiger charge is -2.41.